The summed E-state index contributed by atoms with van der Waals surface area (Å²) in [5.74, 6) is 0.417. The number of aromatic nitrogens is 2. The summed E-state index contributed by atoms with van der Waals surface area (Å²) >= 11 is 0. The van der Waals surface area contributed by atoms with Gasteiger partial charge in [0.05, 0.1) is 13.2 Å². The fraction of sp³-hybridized carbons (Fsp3) is 0.476. The first-order valence-electron chi connectivity index (χ1n) is 9.81. The third-order valence-corrected chi connectivity index (χ3v) is 5.38. The number of nitrogens with one attached hydrogen (secondary N) is 1. The second-order valence-electron chi connectivity index (χ2n) is 7.55. The van der Waals surface area contributed by atoms with Gasteiger partial charge in [-0.25, -0.2) is 9.97 Å². The maximum atomic E-state index is 12.8. The molecule has 2 aliphatic rings. The number of piperidine rings is 1. The molecule has 0 unspecified atom stereocenters. The SMILES string of the molecule is CC(C)c1ccccc1NC(=O)c1cc(N2CCC3(CC2)OCCO3)ncn1. The van der Waals surface area contributed by atoms with Gasteiger partial charge in [0, 0.05) is 37.7 Å². The maximum absolute atomic E-state index is 12.8. The number of hydrogen-bond donors (Lipinski definition) is 1. The highest BCUT2D eigenvalue weighted by Gasteiger charge is 2.40. The molecule has 1 N–H and O–H groups in total. The summed E-state index contributed by atoms with van der Waals surface area (Å²) in [5, 5.41) is 2.99. The van der Waals surface area contributed by atoms with Gasteiger partial charge < -0.3 is 19.7 Å². The number of hydrogen-bond acceptors (Lipinski definition) is 6. The van der Waals surface area contributed by atoms with Crippen molar-refractivity contribution in [2.24, 2.45) is 0 Å². The quantitative estimate of drug-likeness (QED) is 0.875. The summed E-state index contributed by atoms with van der Waals surface area (Å²) < 4.78 is 11.6. The standard InChI is InChI=1S/C21H26N4O3/c1-15(2)16-5-3-4-6-17(16)24-20(26)18-13-19(23-14-22-18)25-9-7-21(8-10-25)27-11-12-28-21/h3-6,13-15H,7-12H2,1-2H3,(H,24,26). The maximum Gasteiger partial charge on any atom is 0.274 e. The number of rotatable bonds is 4. The van der Waals surface area contributed by atoms with E-state index in [0.717, 1.165) is 43.0 Å². The van der Waals surface area contributed by atoms with Crippen LogP contribution in [0.2, 0.25) is 0 Å². The largest absolute Gasteiger partial charge is 0.356 e. The normalized spacial score (nSPS) is 18.6. The molecule has 2 aliphatic heterocycles. The Bertz CT molecular complexity index is 839. The van der Waals surface area contributed by atoms with E-state index < -0.39 is 5.79 Å². The fourth-order valence-electron chi connectivity index (χ4n) is 3.81. The highest BCUT2D eigenvalue weighted by Crippen LogP contribution is 2.32. The molecule has 28 heavy (non-hydrogen) atoms. The molecule has 0 radical (unpaired) electrons. The van der Waals surface area contributed by atoms with Crippen molar-refractivity contribution < 1.29 is 14.3 Å². The monoisotopic (exact) mass is 382 g/mol. The molecule has 0 bridgehead atoms. The summed E-state index contributed by atoms with van der Waals surface area (Å²) in [7, 11) is 0. The number of para-hydroxylation sites is 1. The zero-order valence-corrected chi connectivity index (χ0v) is 16.4. The molecule has 0 atom stereocenters. The lowest BCUT2D eigenvalue weighted by atomic mass is 10.0. The Morgan fingerprint density at radius 1 is 1.14 bits per heavy atom. The van der Waals surface area contributed by atoms with Crippen molar-refractivity contribution in [3.8, 4) is 0 Å². The first kappa shape index (κ1) is 18.8. The zero-order valence-electron chi connectivity index (χ0n) is 16.4. The lowest BCUT2D eigenvalue weighted by Gasteiger charge is -2.38. The Balaban J connectivity index is 1.46. The van der Waals surface area contributed by atoms with Crippen LogP contribution in [0.15, 0.2) is 36.7 Å². The summed E-state index contributed by atoms with van der Waals surface area (Å²) in [6.45, 7) is 7.08. The van der Waals surface area contributed by atoms with Crippen LogP contribution in [0.1, 0.15) is 48.7 Å². The third-order valence-electron chi connectivity index (χ3n) is 5.38. The van der Waals surface area contributed by atoms with Gasteiger partial charge in [0.1, 0.15) is 17.8 Å². The molecule has 3 heterocycles. The second kappa shape index (κ2) is 7.85. The van der Waals surface area contributed by atoms with Gasteiger partial charge in [-0.2, -0.15) is 0 Å². The van der Waals surface area contributed by atoms with Crippen molar-refractivity contribution in [2.75, 3.05) is 36.5 Å². The predicted molar refractivity (Wildman–Crippen MR) is 107 cm³/mol. The van der Waals surface area contributed by atoms with Crippen LogP contribution in [-0.4, -0.2) is 48.0 Å². The number of anilines is 2. The number of amides is 1. The first-order valence-corrected chi connectivity index (χ1v) is 9.81. The Labute approximate surface area is 165 Å². The van der Waals surface area contributed by atoms with Crippen LogP contribution in [-0.2, 0) is 9.47 Å². The second-order valence-corrected chi connectivity index (χ2v) is 7.55. The minimum absolute atomic E-state index is 0.229. The Morgan fingerprint density at radius 2 is 1.86 bits per heavy atom. The Kier molecular flexibility index (Phi) is 5.28. The van der Waals surface area contributed by atoms with E-state index in [0.29, 0.717) is 24.8 Å². The lowest BCUT2D eigenvalue weighted by Crippen LogP contribution is -2.45. The average molecular weight is 382 g/mol. The van der Waals surface area contributed by atoms with Crippen LogP contribution < -0.4 is 10.2 Å². The molecule has 1 amide bonds. The van der Waals surface area contributed by atoms with Crippen molar-refractivity contribution in [1.29, 1.82) is 0 Å². The molecule has 7 nitrogen and oxygen atoms in total. The van der Waals surface area contributed by atoms with E-state index in [-0.39, 0.29) is 5.91 Å². The molecule has 1 spiro atoms. The van der Waals surface area contributed by atoms with E-state index in [2.05, 4.69) is 34.0 Å². The molecular formula is C21H26N4O3. The van der Waals surface area contributed by atoms with Crippen molar-refractivity contribution >= 4 is 17.4 Å². The van der Waals surface area contributed by atoms with Gasteiger partial charge in [-0.15, -0.1) is 0 Å². The zero-order chi connectivity index (χ0) is 19.6. The third kappa shape index (κ3) is 3.86. The number of carbonyl (C=O) groups excluding carboxylic acids is 1. The van der Waals surface area contributed by atoms with Crippen LogP contribution in [0.5, 0.6) is 0 Å². The van der Waals surface area contributed by atoms with Gasteiger partial charge in [0.25, 0.3) is 5.91 Å². The van der Waals surface area contributed by atoms with E-state index in [1.54, 1.807) is 6.07 Å². The van der Waals surface area contributed by atoms with E-state index in [4.69, 9.17) is 9.47 Å². The first-order chi connectivity index (χ1) is 13.6. The van der Waals surface area contributed by atoms with Crippen molar-refractivity contribution in [3.63, 3.8) is 0 Å². The number of carbonyl (C=O) groups is 1. The smallest absolute Gasteiger partial charge is 0.274 e. The topological polar surface area (TPSA) is 76.6 Å². The van der Waals surface area contributed by atoms with Crippen LogP contribution in [0.25, 0.3) is 0 Å². The molecular weight excluding hydrogens is 356 g/mol. The van der Waals surface area contributed by atoms with Crippen LogP contribution in [0, 0.1) is 0 Å². The highest BCUT2D eigenvalue weighted by atomic mass is 16.7. The lowest BCUT2D eigenvalue weighted by molar-refractivity contribution is -0.169. The predicted octanol–water partition coefficient (Wildman–Crippen LogP) is 3.20. The molecule has 2 aromatic rings. The molecule has 148 valence electrons. The Morgan fingerprint density at radius 3 is 2.57 bits per heavy atom. The van der Waals surface area contributed by atoms with Gasteiger partial charge in [-0.1, -0.05) is 32.0 Å². The van der Waals surface area contributed by atoms with E-state index in [1.807, 2.05) is 24.3 Å². The molecule has 2 saturated heterocycles. The summed E-state index contributed by atoms with van der Waals surface area (Å²) in [4.78, 5) is 23.5. The van der Waals surface area contributed by atoms with E-state index >= 15 is 0 Å². The molecule has 0 saturated carbocycles. The fourth-order valence-corrected chi connectivity index (χ4v) is 3.81. The van der Waals surface area contributed by atoms with Crippen molar-refractivity contribution in [1.82, 2.24) is 9.97 Å². The summed E-state index contributed by atoms with van der Waals surface area (Å²) in [6.07, 6.45) is 3.03. The highest BCUT2D eigenvalue weighted by molar-refractivity contribution is 6.03. The van der Waals surface area contributed by atoms with Gasteiger partial charge in [0.2, 0.25) is 0 Å². The molecule has 1 aromatic carbocycles. The van der Waals surface area contributed by atoms with Gasteiger partial charge in [-0.3, -0.25) is 4.79 Å². The minimum Gasteiger partial charge on any atom is -0.356 e. The van der Waals surface area contributed by atoms with Gasteiger partial charge >= 0.3 is 0 Å². The van der Waals surface area contributed by atoms with Gasteiger partial charge in [-0.05, 0) is 17.5 Å². The van der Waals surface area contributed by atoms with Crippen LogP contribution in [0.4, 0.5) is 11.5 Å². The van der Waals surface area contributed by atoms with Crippen LogP contribution in [0.3, 0.4) is 0 Å². The van der Waals surface area contributed by atoms with E-state index in [9.17, 15) is 4.79 Å². The molecule has 4 rings (SSSR count). The molecule has 0 aliphatic carbocycles. The van der Waals surface area contributed by atoms with E-state index in [1.165, 1.54) is 6.33 Å². The number of benzene rings is 1. The Hall–Kier alpha value is -2.51. The average Bonchev–Trinajstić information content (AvgIpc) is 3.17. The summed E-state index contributed by atoms with van der Waals surface area (Å²) in [5.41, 5.74) is 2.28. The molecule has 1 aromatic heterocycles. The summed E-state index contributed by atoms with van der Waals surface area (Å²) in [6, 6.07) is 9.60. The minimum atomic E-state index is -0.426. The van der Waals surface area contributed by atoms with Gasteiger partial charge in [0.15, 0.2) is 5.79 Å². The number of nitrogens with zero attached hydrogens (tertiary/aromatic N) is 3. The van der Waals surface area contributed by atoms with Crippen molar-refractivity contribution in [3.05, 3.63) is 47.9 Å². The van der Waals surface area contributed by atoms with Crippen LogP contribution >= 0.6 is 0 Å². The molecule has 2 fully saturated rings. The van der Waals surface area contributed by atoms with Crippen molar-refractivity contribution in [2.45, 2.75) is 38.4 Å². The molecule has 7 heteroatoms. The number of ether oxygens (including phenoxy) is 2.